The number of thiol groups is 1. The Balaban J connectivity index is 3.33. The second-order valence-electron chi connectivity index (χ2n) is 5.04. The fourth-order valence-electron chi connectivity index (χ4n) is 1.62. The normalized spacial score (nSPS) is 11.5. The van der Waals surface area contributed by atoms with Crippen molar-refractivity contribution in [3.63, 3.8) is 0 Å². The lowest BCUT2D eigenvalue weighted by atomic mass is 9.84. The first kappa shape index (κ1) is 13.2. The molecule has 0 aliphatic heterocycles. The molecule has 16 heavy (non-hydrogen) atoms. The van der Waals surface area contributed by atoms with Crippen molar-refractivity contribution in [1.82, 2.24) is 0 Å². The SMILES string of the molecule is C=CCc1cc(C(C)(C)C)cc(CS)c1O. The van der Waals surface area contributed by atoms with Crippen LogP contribution in [0, 0.1) is 0 Å². The van der Waals surface area contributed by atoms with Gasteiger partial charge < -0.3 is 5.11 Å². The van der Waals surface area contributed by atoms with E-state index >= 15 is 0 Å². The minimum Gasteiger partial charge on any atom is -0.507 e. The average Bonchev–Trinajstić information content (AvgIpc) is 2.19. The Morgan fingerprint density at radius 1 is 1.31 bits per heavy atom. The summed E-state index contributed by atoms with van der Waals surface area (Å²) in [5.74, 6) is 0.919. The number of allylic oxidation sites excluding steroid dienone is 1. The predicted molar refractivity (Wildman–Crippen MR) is 73.4 cm³/mol. The Hall–Kier alpha value is -0.890. The van der Waals surface area contributed by atoms with Gasteiger partial charge in [-0.05, 0) is 23.0 Å². The zero-order valence-corrected chi connectivity index (χ0v) is 11.1. The molecule has 88 valence electrons. The van der Waals surface area contributed by atoms with E-state index in [0.717, 1.165) is 11.1 Å². The standard InChI is InChI=1S/C14H20OS/c1-5-6-10-7-12(14(2,3)4)8-11(9-16)13(10)15/h5,7-8,15-16H,1,6,9H2,2-4H3. The topological polar surface area (TPSA) is 20.2 Å². The molecule has 2 heteroatoms. The summed E-state index contributed by atoms with van der Waals surface area (Å²) in [6.45, 7) is 10.2. The molecule has 0 bridgehead atoms. The summed E-state index contributed by atoms with van der Waals surface area (Å²) < 4.78 is 0. The predicted octanol–water partition coefficient (Wildman–Crippen LogP) is 3.85. The van der Waals surface area contributed by atoms with E-state index in [9.17, 15) is 5.11 Å². The van der Waals surface area contributed by atoms with E-state index in [1.165, 1.54) is 5.56 Å². The Bertz CT molecular complexity index is 388. The van der Waals surface area contributed by atoms with Crippen molar-refractivity contribution >= 4 is 12.6 Å². The first-order valence-electron chi connectivity index (χ1n) is 5.47. The Kier molecular flexibility index (Phi) is 4.09. The highest BCUT2D eigenvalue weighted by molar-refractivity contribution is 7.79. The summed E-state index contributed by atoms with van der Waals surface area (Å²) in [7, 11) is 0. The van der Waals surface area contributed by atoms with Crippen LogP contribution in [0.2, 0.25) is 0 Å². The number of benzene rings is 1. The number of phenolic OH excluding ortho intramolecular Hbond substituents is 1. The quantitative estimate of drug-likeness (QED) is 0.603. The second kappa shape index (κ2) is 4.96. The number of phenols is 1. The van der Waals surface area contributed by atoms with Gasteiger partial charge in [0.2, 0.25) is 0 Å². The third-order valence-corrected chi connectivity index (χ3v) is 3.01. The maximum atomic E-state index is 10.0. The largest absolute Gasteiger partial charge is 0.507 e. The molecular weight excluding hydrogens is 216 g/mol. The molecule has 0 spiro atoms. The molecule has 1 nitrogen and oxygen atoms in total. The van der Waals surface area contributed by atoms with Crippen molar-refractivity contribution in [2.75, 3.05) is 0 Å². The lowest BCUT2D eigenvalue weighted by Crippen LogP contribution is -2.12. The summed E-state index contributed by atoms with van der Waals surface area (Å²) in [5, 5.41) is 10.0. The first-order valence-corrected chi connectivity index (χ1v) is 6.10. The van der Waals surface area contributed by atoms with Crippen molar-refractivity contribution in [2.45, 2.75) is 38.4 Å². The van der Waals surface area contributed by atoms with Crippen LogP contribution in [-0.2, 0) is 17.6 Å². The second-order valence-corrected chi connectivity index (χ2v) is 5.36. The van der Waals surface area contributed by atoms with Gasteiger partial charge in [-0.25, -0.2) is 0 Å². The number of hydrogen-bond acceptors (Lipinski definition) is 2. The lowest BCUT2D eigenvalue weighted by Gasteiger charge is -2.22. The zero-order valence-electron chi connectivity index (χ0n) is 10.2. The van der Waals surface area contributed by atoms with Crippen LogP contribution in [-0.4, -0.2) is 5.11 Å². The monoisotopic (exact) mass is 236 g/mol. The summed E-state index contributed by atoms with van der Waals surface area (Å²) in [4.78, 5) is 0. The van der Waals surface area contributed by atoms with Crippen molar-refractivity contribution < 1.29 is 5.11 Å². The van der Waals surface area contributed by atoms with Gasteiger partial charge in [-0.2, -0.15) is 12.6 Å². The van der Waals surface area contributed by atoms with Crippen molar-refractivity contribution in [1.29, 1.82) is 0 Å². The molecule has 1 rings (SSSR count). The molecule has 0 atom stereocenters. The number of aromatic hydroxyl groups is 1. The van der Waals surface area contributed by atoms with E-state index in [-0.39, 0.29) is 5.41 Å². The number of rotatable bonds is 3. The summed E-state index contributed by atoms with van der Waals surface area (Å²) in [6, 6.07) is 4.10. The van der Waals surface area contributed by atoms with E-state index in [2.05, 4.69) is 46.0 Å². The highest BCUT2D eigenvalue weighted by Gasteiger charge is 2.17. The third-order valence-electron chi connectivity index (χ3n) is 2.67. The van der Waals surface area contributed by atoms with Gasteiger partial charge in [0.05, 0.1) is 0 Å². The average molecular weight is 236 g/mol. The molecule has 1 aromatic rings. The molecule has 0 aliphatic carbocycles. The molecule has 0 unspecified atom stereocenters. The minimum atomic E-state index is 0.0846. The van der Waals surface area contributed by atoms with Gasteiger partial charge in [0.25, 0.3) is 0 Å². The van der Waals surface area contributed by atoms with Gasteiger partial charge in [-0.1, -0.05) is 39.0 Å². The van der Waals surface area contributed by atoms with E-state index in [0.29, 0.717) is 17.9 Å². The van der Waals surface area contributed by atoms with Crippen LogP contribution in [0.4, 0.5) is 0 Å². The summed E-state index contributed by atoms with van der Waals surface area (Å²) in [5.41, 5.74) is 3.15. The van der Waals surface area contributed by atoms with Gasteiger partial charge in [0.15, 0.2) is 0 Å². The van der Waals surface area contributed by atoms with Crippen LogP contribution in [0.3, 0.4) is 0 Å². The highest BCUT2D eigenvalue weighted by Crippen LogP contribution is 2.32. The van der Waals surface area contributed by atoms with Gasteiger partial charge in [-0.3, -0.25) is 0 Å². The molecule has 0 heterocycles. The van der Waals surface area contributed by atoms with Crippen molar-refractivity contribution in [3.8, 4) is 5.75 Å². The highest BCUT2D eigenvalue weighted by atomic mass is 32.1. The van der Waals surface area contributed by atoms with Gasteiger partial charge >= 0.3 is 0 Å². The van der Waals surface area contributed by atoms with Crippen LogP contribution in [0.5, 0.6) is 5.75 Å². The van der Waals surface area contributed by atoms with E-state index in [4.69, 9.17) is 0 Å². The zero-order chi connectivity index (χ0) is 12.3. The fraction of sp³-hybridized carbons (Fsp3) is 0.429. The van der Waals surface area contributed by atoms with Crippen molar-refractivity contribution in [3.05, 3.63) is 41.5 Å². The van der Waals surface area contributed by atoms with E-state index in [1.54, 1.807) is 0 Å². The maximum Gasteiger partial charge on any atom is 0.123 e. The summed E-state index contributed by atoms with van der Waals surface area (Å²) >= 11 is 4.25. The lowest BCUT2D eigenvalue weighted by molar-refractivity contribution is 0.463. The Morgan fingerprint density at radius 3 is 2.31 bits per heavy atom. The molecule has 0 aliphatic rings. The summed E-state index contributed by atoms with van der Waals surface area (Å²) in [6.07, 6.45) is 2.50. The van der Waals surface area contributed by atoms with Crippen molar-refractivity contribution in [2.24, 2.45) is 0 Å². The van der Waals surface area contributed by atoms with Crippen LogP contribution in [0.15, 0.2) is 24.8 Å². The van der Waals surface area contributed by atoms with E-state index < -0.39 is 0 Å². The van der Waals surface area contributed by atoms with Crippen LogP contribution < -0.4 is 0 Å². The Labute approximate surface area is 104 Å². The fourth-order valence-corrected chi connectivity index (χ4v) is 1.87. The molecule has 0 saturated heterocycles. The minimum absolute atomic E-state index is 0.0846. The van der Waals surface area contributed by atoms with Crippen LogP contribution in [0.25, 0.3) is 0 Å². The molecule has 0 fully saturated rings. The van der Waals surface area contributed by atoms with Gasteiger partial charge in [-0.15, -0.1) is 6.58 Å². The van der Waals surface area contributed by atoms with Gasteiger partial charge in [0, 0.05) is 11.3 Å². The third kappa shape index (κ3) is 2.82. The molecular formula is C14H20OS. The van der Waals surface area contributed by atoms with Crippen LogP contribution in [0.1, 0.15) is 37.5 Å². The first-order chi connectivity index (χ1) is 7.40. The smallest absolute Gasteiger partial charge is 0.123 e. The molecule has 0 aromatic heterocycles. The number of hydrogen-bond donors (Lipinski definition) is 2. The molecule has 0 saturated carbocycles. The van der Waals surface area contributed by atoms with Gasteiger partial charge in [0.1, 0.15) is 5.75 Å². The molecule has 0 amide bonds. The molecule has 0 radical (unpaired) electrons. The molecule has 1 N–H and O–H groups in total. The molecule has 1 aromatic carbocycles. The van der Waals surface area contributed by atoms with E-state index in [1.807, 2.05) is 12.1 Å². The Morgan fingerprint density at radius 2 is 1.88 bits per heavy atom. The van der Waals surface area contributed by atoms with Crippen LogP contribution >= 0.6 is 12.6 Å². The maximum absolute atomic E-state index is 10.0.